The van der Waals surface area contributed by atoms with Crippen molar-refractivity contribution < 1.29 is 9.53 Å². The fourth-order valence-corrected chi connectivity index (χ4v) is 4.77. The van der Waals surface area contributed by atoms with Crippen molar-refractivity contribution in [1.82, 2.24) is 14.5 Å². The molecule has 192 valence electrons. The molecule has 0 spiro atoms. The van der Waals surface area contributed by atoms with Crippen LogP contribution >= 0.6 is 11.6 Å². The van der Waals surface area contributed by atoms with E-state index in [0.717, 1.165) is 5.75 Å². The summed E-state index contributed by atoms with van der Waals surface area (Å²) in [6.45, 7) is 9.08. The number of halogens is 1. The van der Waals surface area contributed by atoms with E-state index in [4.69, 9.17) is 21.3 Å². The molecule has 0 fully saturated rings. The van der Waals surface area contributed by atoms with Gasteiger partial charge in [0.2, 0.25) is 0 Å². The zero-order valence-electron chi connectivity index (χ0n) is 21.6. The highest BCUT2D eigenvalue weighted by Crippen LogP contribution is 2.30. The number of rotatable bonds is 9. The van der Waals surface area contributed by atoms with Crippen molar-refractivity contribution in [1.29, 1.82) is 0 Å². The third-order valence-corrected chi connectivity index (χ3v) is 6.53. The first-order chi connectivity index (χ1) is 17.8. The number of hydrogen-bond donors (Lipinski definition) is 0. The van der Waals surface area contributed by atoms with Crippen molar-refractivity contribution in [3.63, 3.8) is 0 Å². The Balaban J connectivity index is 1.94. The smallest absolute Gasteiger partial charge is 0.266 e. The highest BCUT2D eigenvalue weighted by Gasteiger charge is 2.31. The summed E-state index contributed by atoms with van der Waals surface area (Å²) in [5.74, 6) is 1.23. The van der Waals surface area contributed by atoms with Gasteiger partial charge >= 0.3 is 0 Å². The number of aromatic nitrogens is 2. The lowest BCUT2D eigenvalue weighted by Gasteiger charge is -2.34. The average molecular weight is 518 g/mol. The van der Waals surface area contributed by atoms with E-state index < -0.39 is 6.04 Å². The SMILES string of the molecule is CCOc1ccc(-n2c(C(CC)N(CC(C)C)C(=O)c3ccccc3Cl)nc3ccccc3c2=O)cc1. The molecule has 0 aliphatic rings. The second-order valence-electron chi connectivity index (χ2n) is 9.31. The molecule has 7 heteroatoms. The summed E-state index contributed by atoms with van der Waals surface area (Å²) in [5.41, 5.74) is 1.50. The Morgan fingerprint density at radius 3 is 2.32 bits per heavy atom. The van der Waals surface area contributed by atoms with Gasteiger partial charge in [0, 0.05) is 6.54 Å². The predicted octanol–water partition coefficient (Wildman–Crippen LogP) is 6.69. The maximum Gasteiger partial charge on any atom is 0.266 e. The fraction of sp³-hybridized carbons (Fsp3) is 0.300. The number of benzene rings is 3. The van der Waals surface area contributed by atoms with Gasteiger partial charge < -0.3 is 9.64 Å². The van der Waals surface area contributed by atoms with E-state index in [0.29, 0.717) is 52.6 Å². The molecule has 0 saturated heterocycles. The summed E-state index contributed by atoms with van der Waals surface area (Å²) in [5, 5.41) is 0.911. The van der Waals surface area contributed by atoms with Crippen LogP contribution in [0, 0.1) is 5.92 Å². The zero-order valence-corrected chi connectivity index (χ0v) is 22.4. The average Bonchev–Trinajstić information content (AvgIpc) is 2.89. The minimum Gasteiger partial charge on any atom is -0.494 e. The predicted molar refractivity (Wildman–Crippen MR) is 149 cm³/mol. The van der Waals surface area contributed by atoms with Crippen molar-refractivity contribution >= 4 is 28.4 Å². The van der Waals surface area contributed by atoms with Gasteiger partial charge in [-0.25, -0.2) is 4.98 Å². The van der Waals surface area contributed by atoms with Crippen molar-refractivity contribution in [3.8, 4) is 11.4 Å². The second-order valence-corrected chi connectivity index (χ2v) is 9.72. The molecule has 4 aromatic rings. The number of carbonyl (C=O) groups excluding carboxylic acids is 1. The van der Waals surface area contributed by atoms with Crippen LogP contribution in [0.1, 0.15) is 56.3 Å². The molecule has 1 aromatic heterocycles. The minimum atomic E-state index is -0.463. The maximum atomic E-state index is 13.9. The fourth-order valence-electron chi connectivity index (χ4n) is 4.56. The second kappa shape index (κ2) is 11.6. The van der Waals surface area contributed by atoms with Gasteiger partial charge in [-0.15, -0.1) is 0 Å². The Bertz CT molecular complexity index is 1450. The van der Waals surface area contributed by atoms with Crippen LogP contribution in [0.3, 0.4) is 0 Å². The third kappa shape index (κ3) is 5.54. The number of nitrogens with zero attached hydrogens (tertiary/aromatic N) is 3. The first-order valence-electron chi connectivity index (χ1n) is 12.7. The van der Waals surface area contributed by atoms with Crippen molar-refractivity contribution in [2.75, 3.05) is 13.2 Å². The van der Waals surface area contributed by atoms with Crippen LogP contribution in [-0.2, 0) is 0 Å². The van der Waals surface area contributed by atoms with Crippen LogP contribution in [0.4, 0.5) is 0 Å². The lowest BCUT2D eigenvalue weighted by molar-refractivity contribution is 0.0631. The van der Waals surface area contributed by atoms with Crippen LogP contribution in [-0.4, -0.2) is 33.5 Å². The molecule has 0 N–H and O–H groups in total. The molecular weight excluding hydrogens is 486 g/mol. The Kier molecular flexibility index (Phi) is 8.29. The summed E-state index contributed by atoms with van der Waals surface area (Å²) in [7, 11) is 0. The lowest BCUT2D eigenvalue weighted by atomic mass is 10.1. The number of hydrogen-bond acceptors (Lipinski definition) is 4. The molecule has 4 rings (SSSR count). The summed E-state index contributed by atoms with van der Waals surface area (Å²) >= 11 is 6.43. The molecule has 0 bridgehead atoms. The van der Waals surface area contributed by atoms with Crippen LogP contribution in [0.2, 0.25) is 5.02 Å². The van der Waals surface area contributed by atoms with E-state index in [1.54, 1.807) is 39.8 Å². The Labute approximate surface area is 222 Å². The van der Waals surface area contributed by atoms with Gasteiger partial charge in [0.05, 0.1) is 39.8 Å². The number of amides is 1. The zero-order chi connectivity index (χ0) is 26.5. The summed E-state index contributed by atoms with van der Waals surface area (Å²) < 4.78 is 7.23. The standard InChI is InChI=1S/C30H32ClN3O3/c1-5-27(33(19-20(3)4)29(35)23-11-7-9-13-25(23)31)28-32-26-14-10-8-12-24(26)30(36)34(28)21-15-17-22(18-16-21)37-6-2/h7-18,20,27H,5-6,19H2,1-4H3. The van der Waals surface area contributed by atoms with Gasteiger partial charge in [-0.2, -0.15) is 0 Å². The van der Waals surface area contributed by atoms with Gasteiger partial charge in [-0.05, 0) is 67.8 Å². The Morgan fingerprint density at radius 1 is 1.00 bits per heavy atom. The van der Waals surface area contributed by atoms with Gasteiger partial charge in [0.15, 0.2) is 0 Å². The van der Waals surface area contributed by atoms with Crippen molar-refractivity contribution in [3.05, 3.63) is 99.6 Å². The number of fused-ring (bicyclic) bond motifs is 1. The van der Waals surface area contributed by atoms with Gasteiger partial charge in [-0.1, -0.05) is 56.6 Å². The monoisotopic (exact) mass is 517 g/mol. The number of ether oxygens (including phenoxy) is 1. The molecule has 3 aromatic carbocycles. The molecule has 1 atom stereocenters. The maximum absolute atomic E-state index is 13.9. The van der Waals surface area contributed by atoms with E-state index in [1.807, 2.05) is 56.3 Å². The van der Waals surface area contributed by atoms with E-state index in [9.17, 15) is 9.59 Å². The Morgan fingerprint density at radius 2 is 1.68 bits per heavy atom. The van der Waals surface area contributed by atoms with E-state index in [-0.39, 0.29) is 17.4 Å². The van der Waals surface area contributed by atoms with E-state index in [1.165, 1.54) is 0 Å². The molecule has 0 radical (unpaired) electrons. The molecular formula is C30H32ClN3O3. The Hall–Kier alpha value is -3.64. The van der Waals surface area contributed by atoms with Crippen LogP contribution in [0.5, 0.6) is 5.75 Å². The van der Waals surface area contributed by atoms with Gasteiger partial charge in [0.25, 0.3) is 11.5 Å². The topological polar surface area (TPSA) is 64.4 Å². The lowest BCUT2D eigenvalue weighted by Crippen LogP contribution is -2.40. The summed E-state index contributed by atoms with van der Waals surface area (Å²) in [6, 6.07) is 21.3. The highest BCUT2D eigenvalue weighted by atomic mass is 35.5. The highest BCUT2D eigenvalue weighted by molar-refractivity contribution is 6.33. The van der Waals surface area contributed by atoms with Crippen LogP contribution in [0.25, 0.3) is 16.6 Å². The normalized spacial score (nSPS) is 12.1. The van der Waals surface area contributed by atoms with Crippen LogP contribution in [0.15, 0.2) is 77.6 Å². The van der Waals surface area contributed by atoms with E-state index >= 15 is 0 Å². The molecule has 6 nitrogen and oxygen atoms in total. The molecule has 1 unspecified atom stereocenters. The minimum absolute atomic E-state index is 0.183. The molecule has 1 heterocycles. The van der Waals surface area contributed by atoms with Crippen LogP contribution < -0.4 is 10.3 Å². The number of carbonyl (C=O) groups is 1. The quantitative estimate of drug-likeness (QED) is 0.248. The summed E-state index contributed by atoms with van der Waals surface area (Å²) in [6.07, 6.45) is 0.560. The molecule has 1 amide bonds. The van der Waals surface area contributed by atoms with E-state index in [2.05, 4.69) is 13.8 Å². The molecule has 0 aliphatic carbocycles. The summed E-state index contributed by atoms with van der Waals surface area (Å²) in [4.78, 5) is 34.6. The first-order valence-corrected chi connectivity index (χ1v) is 13.0. The molecule has 37 heavy (non-hydrogen) atoms. The number of para-hydroxylation sites is 1. The third-order valence-electron chi connectivity index (χ3n) is 6.20. The molecule has 0 aliphatic heterocycles. The molecule has 0 saturated carbocycles. The first kappa shape index (κ1) is 26.4. The van der Waals surface area contributed by atoms with Gasteiger partial charge in [0.1, 0.15) is 11.6 Å². The van der Waals surface area contributed by atoms with Crippen molar-refractivity contribution in [2.45, 2.75) is 40.2 Å². The van der Waals surface area contributed by atoms with Crippen molar-refractivity contribution in [2.24, 2.45) is 5.92 Å². The van der Waals surface area contributed by atoms with Gasteiger partial charge in [-0.3, -0.25) is 14.2 Å². The largest absolute Gasteiger partial charge is 0.494 e.